The zero-order valence-corrected chi connectivity index (χ0v) is 25.3. The average molecular weight is 563 g/mol. The maximum atomic E-state index is 4.48. The van der Waals surface area contributed by atoms with E-state index in [0.717, 1.165) is 65.4 Å². The lowest BCUT2D eigenvalue weighted by atomic mass is 10.1. The molecule has 8 nitrogen and oxygen atoms in total. The molecule has 0 aliphatic rings. The summed E-state index contributed by atoms with van der Waals surface area (Å²) in [5.41, 5.74) is 6.52. The summed E-state index contributed by atoms with van der Waals surface area (Å²) in [5.74, 6) is 0. The molecule has 0 N–H and O–H groups in total. The van der Waals surface area contributed by atoms with Crippen molar-refractivity contribution in [3.8, 4) is 0 Å². The lowest BCUT2D eigenvalue weighted by Crippen LogP contribution is -2.30. The summed E-state index contributed by atoms with van der Waals surface area (Å²) in [7, 11) is 3.96. The molecule has 0 aliphatic carbocycles. The molecule has 2 heterocycles. The first-order chi connectivity index (χ1) is 18.9. The maximum Gasteiger partial charge on any atom is 0.408 e. The zero-order valence-electron chi connectivity index (χ0n) is 23.7. The molecular weight excluding hydrogens is 525 g/mol. The van der Waals surface area contributed by atoms with Gasteiger partial charge in [0.1, 0.15) is 23.8 Å². The van der Waals surface area contributed by atoms with Crippen molar-refractivity contribution < 1.29 is 9.13 Å². The molecule has 4 aromatic rings. The van der Waals surface area contributed by atoms with Gasteiger partial charge < -0.3 is 9.80 Å². The lowest BCUT2D eigenvalue weighted by molar-refractivity contribution is -0.654. The molecule has 0 fully saturated rings. The summed E-state index contributed by atoms with van der Waals surface area (Å²) in [6, 6.07) is 12.9. The van der Waals surface area contributed by atoms with Crippen LogP contribution in [0.4, 0.5) is 33.0 Å². The summed E-state index contributed by atoms with van der Waals surface area (Å²) in [6.45, 7) is 12.5. The zero-order chi connectivity index (χ0) is 27.8. The molecule has 10 heteroatoms. The van der Waals surface area contributed by atoms with Gasteiger partial charge in [-0.05, 0) is 115 Å². The highest BCUT2D eigenvalue weighted by atomic mass is 32.1. The lowest BCUT2D eigenvalue weighted by Gasteiger charge is -2.27. The first kappa shape index (κ1) is 28.5. The molecule has 0 bridgehead atoms. The predicted octanol–water partition coefficient (Wildman–Crippen LogP) is 7.65. The summed E-state index contributed by atoms with van der Waals surface area (Å²) in [5, 5.41) is 23.6. The van der Waals surface area contributed by atoms with Crippen LogP contribution < -0.4 is 18.9 Å². The fourth-order valence-electron chi connectivity index (χ4n) is 4.33. The first-order valence-electron chi connectivity index (χ1n) is 13.3. The van der Waals surface area contributed by atoms with Crippen molar-refractivity contribution in [3.05, 3.63) is 70.7 Å². The van der Waals surface area contributed by atoms with Crippen LogP contribution in [0.1, 0.15) is 31.4 Å². The van der Waals surface area contributed by atoms with E-state index in [-0.39, 0.29) is 0 Å². The average Bonchev–Trinajstić information content (AvgIpc) is 3.54. The van der Waals surface area contributed by atoms with E-state index in [1.54, 1.807) is 22.7 Å². The van der Waals surface area contributed by atoms with E-state index in [1.807, 2.05) is 46.4 Å². The molecule has 2 aromatic heterocycles. The van der Waals surface area contributed by atoms with Gasteiger partial charge in [-0.3, -0.25) is 0 Å². The Balaban J connectivity index is 1.36. The molecule has 0 aliphatic heterocycles. The van der Waals surface area contributed by atoms with E-state index in [0.29, 0.717) is 0 Å². The van der Waals surface area contributed by atoms with Crippen LogP contribution in [-0.4, -0.2) is 26.2 Å². The summed E-state index contributed by atoms with van der Waals surface area (Å²) < 4.78 is 3.95. The molecular formula is C29H38N8S2+2. The fraction of sp³-hybridized carbons (Fsp3) is 0.379. The number of azo groups is 2. The van der Waals surface area contributed by atoms with Gasteiger partial charge in [0, 0.05) is 48.3 Å². The molecule has 0 atom stereocenters. The van der Waals surface area contributed by atoms with E-state index < -0.39 is 0 Å². The molecule has 0 saturated heterocycles. The highest BCUT2D eigenvalue weighted by Crippen LogP contribution is 2.29. The van der Waals surface area contributed by atoms with Crippen LogP contribution in [0, 0.1) is 13.8 Å². The fourth-order valence-corrected chi connectivity index (χ4v) is 5.69. The number of aromatic nitrogens is 2. The highest BCUT2D eigenvalue weighted by molar-refractivity contribution is 7.13. The van der Waals surface area contributed by atoms with E-state index in [9.17, 15) is 0 Å². The Morgan fingerprint density at radius 3 is 1.44 bits per heavy atom. The molecule has 0 radical (unpaired) electrons. The Kier molecular flexibility index (Phi) is 9.89. The second-order valence-electron chi connectivity index (χ2n) is 9.45. The molecule has 0 saturated carbocycles. The number of nitrogens with zero attached hydrogens (tertiary/aromatic N) is 8. The van der Waals surface area contributed by atoms with Gasteiger partial charge in [-0.1, -0.05) is 0 Å². The van der Waals surface area contributed by atoms with Gasteiger partial charge in [0.25, 0.3) is 0 Å². The van der Waals surface area contributed by atoms with Crippen LogP contribution in [0.25, 0.3) is 0 Å². The second-order valence-corrected chi connectivity index (χ2v) is 11.2. The van der Waals surface area contributed by atoms with E-state index in [2.05, 4.69) is 94.3 Å². The number of rotatable bonds is 12. The van der Waals surface area contributed by atoms with Crippen LogP contribution in [0.5, 0.6) is 0 Å². The number of hydrogen-bond acceptors (Lipinski definition) is 8. The second kappa shape index (κ2) is 13.5. The van der Waals surface area contributed by atoms with Crippen molar-refractivity contribution >= 4 is 55.7 Å². The third-order valence-corrected chi connectivity index (χ3v) is 8.39. The number of anilines is 2. The minimum Gasteiger partial charge on any atom is -0.372 e. The Morgan fingerprint density at radius 1 is 0.667 bits per heavy atom. The third kappa shape index (κ3) is 7.33. The largest absolute Gasteiger partial charge is 0.408 e. The smallest absolute Gasteiger partial charge is 0.372 e. The van der Waals surface area contributed by atoms with Crippen LogP contribution in [0.3, 0.4) is 0 Å². The molecule has 4 rings (SSSR count). The molecule has 0 spiro atoms. The number of benzene rings is 2. The number of hydrogen-bond donors (Lipinski definition) is 0. The molecule has 39 heavy (non-hydrogen) atoms. The quantitative estimate of drug-likeness (QED) is 0.131. The van der Waals surface area contributed by atoms with Crippen molar-refractivity contribution in [2.75, 3.05) is 36.0 Å². The SMILES string of the molecule is CCN(CCCN(CC)c1ccc(N=Nc2scc[n+]2C)c(C)c1)c1ccc(N=Nc2scc[n+]2C)c(C)c1. The van der Waals surface area contributed by atoms with Gasteiger partial charge in [-0.2, -0.15) is 0 Å². The Hall–Kier alpha value is -3.50. The Bertz CT molecular complexity index is 1330. The van der Waals surface area contributed by atoms with Gasteiger partial charge in [0.15, 0.2) is 0 Å². The van der Waals surface area contributed by atoms with Gasteiger partial charge in [0.05, 0.1) is 24.3 Å². The van der Waals surface area contributed by atoms with Gasteiger partial charge in [0.2, 0.25) is 0 Å². The topological polar surface area (TPSA) is 63.7 Å². The van der Waals surface area contributed by atoms with Crippen molar-refractivity contribution in [2.45, 2.75) is 34.1 Å². The Labute approximate surface area is 239 Å². The summed E-state index contributed by atoms with van der Waals surface area (Å²) in [6.07, 6.45) is 5.04. The van der Waals surface area contributed by atoms with Crippen LogP contribution >= 0.6 is 22.7 Å². The van der Waals surface area contributed by atoms with Crippen molar-refractivity contribution in [3.63, 3.8) is 0 Å². The highest BCUT2D eigenvalue weighted by Gasteiger charge is 2.13. The monoisotopic (exact) mass is 562 g/mol. The first-order valence-corrected chi connectivity index (χ1v) is 15.1. The standard InChI is InChI=1S/C29H38N8S2/c1-7-36(24-10-12-26(22(3)20-24)30-32-28-34(5)16-18-38-28)14-9-15-37(8-2)25-11-13-27(23(4)21-25)31-33-29-35(6)17-19-39-29/h10-13,16-21H,7-9,14-15H2,1-6H3/q+2. The van der Waals surface area contributed by atoms with Gasteiger partial charge in [-0.15, -0.1) is 0 Å². The van der Waals surface area contributed by atoms with Gasteiger partial charge >= 0.3 is 10.3 Å². The minimum absolute atomic E-state index is 0.885. The van der Waals surface area contributed by atoms with Crippen LogP contribution in [0.15, 0.2) is 80.0 Å². The molecule has 204 valence electrons. The van der Waals surface area contributed by atoms with Gasteiger partial charge in [-0.25, -0.2) is 9.13 Å². The molecule has 0 amide bonds. The van der Waals surface area contributed by atoms with Crippen molar-refractivity contribution in [1.29, 1.82) is 0 Å². The summed E-state index contributed by atoms with van der Waals surface area (Å²) in [4.78, 5) is 4.86. The molecule has 0 unspecified atom stereocenters. The van der Waals surface area contributed by atoms with Crippen molar-refractivity contribution in [1.82, 2.24) is 0 Å². The van der Waals surface area contributed by atoms with Crippen LogP contribution in [0.2, 0.25) is 0 Å². The summed E-state index contributed by atoms with van der Waals surface area (Å²) >= 11 is 3.16. The predicted molar refractivity (Wildman–Crippen MR) is 162 cm³/mol. The van der Waals surface area contributed by atoms with E-state index in [4.69, 9.17) is 0 Å². The maximum absolute atomic E-state index is 4.48. The third-order valence-electron chi connectivity index (χ3n) is 6.72. The van der Waals surface area contributed by atoms with E-state index >= 15 is 0 Å². The number of thiazole rings is 2. The normalized spacial score (nSPS) is 11.6. The molecule has 2 aromatic carbocycles. The van der Waals surface area contributed by atoms with E-state index in [1.165, 1.54) is 11.4 Å². The number of aryl methyl sites for hydroxylation is 4. The Morgan fingerprint density at radius 2 is 1.10 bits per heavy atom. The van der Waals surface area contributed by atoms with Crippen molar-refractivity contribution in [2.24, 2.45) is 34.6 Å². The minimum atomic E-state index is 0.885. The van der Waals surface area contributed by atoms with Crippen LogP contribution in [-0.2, 0) is 14.1 Å².